The van der Waals surface area contributed by atoms with E-state index in [0.29, 0.717) is 13.0 Å². The third-order valence-electron chi connectivity index (χ3n) is 1.74. The van der Waals surface area contributed by atoms with Gasteiger partial charge in [-0.25, -0.2) is 0 Å². The fourth-order valence-electron chi connectivity index (χ4n) is 1.20. The monoisotopic (exact) mass is 128 g/mol. The molecule has 50 valence electrons. The standard InChI is InChI=1S/C6H8O3/c7-4-1-2-6-8-3-5(4)9-6/h5-6H,1-3H2/t5-,6-/m0/s1. The molecule has 0 saturated carbocycles. The summed E-state index contributed by atoms with van der Waals surface area (Å²) in [5.41, 5.74) is 0. The Kier molecular flexibility index (Phi) is 1.07. The highest BCUT2D eigenvalue weighted by Crippen LogP contribution is 2.23. The molecule has 9 heavy (non-hydrogen) atoms. The summed E-state index contributed by atoms with van der Waals surface area (Å²) in [6.07, 6.45) is 1.07. The number of hydrogen-bond donors (Lipinski definition) is 0. The molecule has 0 amide bonds. The number of hydrogen-bond acceptors (Lipinski definition) is 3. The predicted molar refractivity (Wildman–Crippen MR) is 28.9 cm³/mol. The molecular formula is C6H8O3. The third-order valence-corrected chi connectivity index (χ3v) is 1.74. The number of ether oxygens (including phenoxy) is 2. The molecule has 2 atom stereocenters. The maximum absolute atomic E-state index is 10.8. The van der Waals surface area contributed by atoms with Gasteiger partial charge in [-0.05, 0) is 0 Å². The first-order valence-corrected chi connectivity index (χ1v) is 3.16. The summed E-state index contributed by atoms with van der Waals surface area (Å²) in [4.78, 5) is 10.8. The van der Waals surface area contributed by atoms with Crippen LogP contribution in [0.25, 0.3) is 0 Å². The Labute approximate surface area is 52.9 Å². The second kappa shape index (κ2) is 1.78. The SMILES string of the molecule is O=C1CC[C@H]2OC[C@@H]1O2. The molecule has 2 saturated heterocycles. The number of fused-ring (bicyclic) bond motifs is 2. The van der Waals surface area contributed by atoms with E-state index in [-0.39, 0.29) is 18.2 Å². The van der Waals surface area contributed by atoms with E-state index in [2.05, 4.69) is 0 Å². The van der Waals surface area contributed by atoms with Crippen LogP contribution in [0.3, 0.4) is 0 Å². The molecule has 2 bridgehead atoms. The minimum absolute atomic E-state index is 0.0762. The molecule has 2 aliphatic rings. The topological polar surface area (TPSA) is 35.5 Å². The van der Waals surface area contributed by atoms with Crippen molar-refractivity contribution in [2.45, 2.75) is 25.2 Å². The van der Waals surface area contributed by atoms with E-state index in [1.165, 1.54) is 0 Å². The van der Waals surface area contributed by atoms with E-state index < -0.39 is 0 Å². The Morgan fingerprint density at radius 1 is 1.56 bits per heavy atom. The Morgan fingerprint density at radius 3 is 3.22 bits per heavy atom. The zero-order chi connectivity index (χ0) is 6.27. The van der Waals surface area contributed by atoms with Gasteiger partial charge in [-0.2, -0.15) is 0 Å². The molecule has 2 heterocycles. The lowest BCUT2D eigenvalue weighted by molar-refractivity contribution is -0.141. The van der Waals surface area contributed by atoms with Gasteiger partial charge in [-0.15, -0.1) is 0 Å². The summed E-state index contributed by atoms with van der Waals surface area (Å²) in [5, 5.41) is 0. The highest BCUT2D eigenvalue weighted by Gasteiger charge is 2.35. The van der Waals surface area contributed by atoms with E-state index in [4.69, 9.17) is 9.47 Å². The van der Waals surface area contributed by atoms with Crippen LogP contribution in [0.2, 0.25) is 0 Å². The van der Waals surface area contributed by atoms with Gasteiger partial charge < -0.3 is 9.47 Å². The van der Waals surface area contributed by atoms with E-state index in [1.807, 2.05) is 0 Å². The Morgan fingerprint density at radius 2 is 2.44 bits per heavy atom. The molecular weight excluding hydrogens is 120 g/mol. The molecule has 0 aromatic rings. The highest BCUT2D eigenvalue weighted by molar-refractivity contribution is 5.84. The molecule has 0 aromatic carbocycles. The summed E-state index contributed by atoms with van der Waals surface area (Å²) < 4.78 is 10.2. The summed E-state index contributed by atoms with van der Waals surface area (Å²) in [6, 6.07) is 0. The lowest BCUT2D eigenvalue weighted by Gasteiger charge is -2.15. The summed E-state index contributed by atoms with van der Waals surface area (Å²) in [7, 11) is 0. The molecule has 0 N–H and O–H groups in total. The number of Topliss-reactive ketones (excluding diaryl/α,β-unsaturated/α-hetero) is 1. The molecule has 0 unspecified atom stereocenters. The van der Waals surface area contributed by atoms with Crippen molar-refractivity contribution in [1.29, 1.82) is 0 Å². The van der Waals surface area contributed by atoms with E-state index in [9.17, 15) is 4.79 Å². The van der Waals surface area contributed by atoms with Gasteiger partial charge in [-0.1, -0.05) is 0 Å². The van der Waals surface area contributed by atoms with Crippen LogP contribution in [-0.4, -0.2) is 24.8 Å². The summed E-state index contributed by atoms with van der Waals surface area (Å²) in [5.74, 6) is 0.198. The van der Waals surface area contributed by atoms with Crippen LogP contribution in [0.15, 0.2) is 0 Å². The molecule has 0 aliphatic carbocycles. The van der Waals surface area contributed by atoms with Gasteiger partial charge in [0, 0.05) is 12.8 Å². The number of carbonyl (C=O) groups excluding carboxylic acids is 1. The van der Waals surface area contributed by atoms with E-state index >= 15 is 0 Å². The quantitative estimate of drug-likeness (QED) is 0.464. The highest BCUT2D eigenvalue weighted by atomic mass is 16.7. The molecule has 3 nitrogen and oxygen atoms in total. The van der Waals surface area contributed by atoms with Crippen molar-refractivity contribution in [2.75, 3.05) is 6.61 Å². The average molecular weight is 128 g/mol. The summed E-state index contributed by atoms with van der Waals surface area (Å²) >= 11 is 0. The largest absolute Gasteiger partial charge is 0.349 e. The molecule has 3 heteroatoms. The lowest BCUT2D eigenvalue weighted by atomic mass is 10.1. The molecule has 2 fully saturated rings. The molecule has 0 spiro atoms. The van der Waals surface area contributed by atoms with Crippen molar-refractivity contribution in [3.63, 3.8) is 0 Å². The van der Waals surface area contributed by atoms with Crippen LogP contribution in [-0.2, 0) is 14.3 Å². The van der Waals surface area contributed by atoms with Gasteiger partial charge in [-0.3, -0.25) is 4.79 Å². The fourth-order valence-corrected chi connectivity index (χ4v) is 1.20. The van der Waals surface area contributed by atoms with Crippen molar-refractivity contribution in [3.05, 3.63) is 0 Å². The number of carbonyl (C=O) groups is 1. The normalized spacial score (nSPS) is 41.6. The van der Waals surface area contributed by atoms with Gasteiger partial charge in [0.05, 0.1) is 6.61 Å². The lowest BCUT2D eigenvalue weighted by Crippen LogP contribution is -2.28. The van der Waals surface area contributed by atoms with Crippen LogP contribution in [0.4, 0.5) is 0 Å². The second-order valence-electron chi connectivity index (χ2n) is 2.39. The fraction of sp³-hybridized carbons (Fsp3) is 0.833. The second-order valence-corrected chi connectivity index (χ2v) is 2.39. The minimum atomic E-state index is -0.233. The maximum Gasteiger partial charge on any atom is 0.164 e. The smallest absolute Gasteiger partial charge is 0.164 e. The minimum Gasteiger partial charge on any atom is -0.349 e. The van der Waals surface area contributed by atoms with Crippen molar-refractivity contribution in [1.82, 2.24) is 0 Å². The Balaban J connectivity index is 2.14. The van der Waals surface area contributed by atoms with Gasteiger partial charge in [0.1, 0.15) is 6.10 Å². The van der Waals surface area contributed by atoms with E-state index in [1.54, 1.807) is 0 Å². The van der Waals surface area contributed by atoms with Crippen molar-refractivity contribution >= 4 is 5.78 Å². The first-order valence-electron chi connectivity index (χ1n) is 3.16. The van der Waals surface area contributed by atoms with Gasteiger partial charge >= 0.3 is 0 Å². The van der Waals surface area contributed by atoms with E-state index in [0.717, 1.165) is 6.42 Å². The molecule has 0 aromatic heterocycles. The molecule has 2 aliphatic heterocycles. The predicted octanol–water partition coefficient (Wildman–Crippen LogP) is 0.0908. The maximum atomic E-state index is 10.8. The summed E-state index contributed by atoms with van der Waals surface area (Å²) in [6.45, 7) is 0.476. The average Bonchev–Trinajstić information content (AvgIpc) is 2.25. The van der Waals surface area contributed by atoms with Crippen LogP contribution < -0.4 is 0 Å². The first-order chi connectivity index (χ1) is 4.36. The Bertz CT molecular complexity index is 143. The van der Waals surface area contributed by atoms with Crippen LogP contribution in [0.5, 0.6) is 0 Å². The van der Waals surface area contributed by atoms with Crippen LogP contribution in [0.1, 0.15) is 12.8 Å². The molecule has 0 radical (unpaired) electrons. The first kappa shape index (κ1) is 5.38. The van der Waals surface area contributed by atoms with Crippen molar-refractivity contribution in [2.24, 2.45) is 0 Å². The molecule has 2 rings (SSSR count). The zero-order valence-corrected chi connectivity index (χ0v) is 5.00. The van der Waals surface area contributed by atoms with Crippen LogP contribution >= 0.6 is 0 Å². The number of rotatable bonds is 0. The van der Waals surface area contributed by atoms with Gasteiger partial charge in [0.15, 0.2) is 12.1 Å². The van der Waals surface area contributed by atoms with Crippen molar-refractivity contribution < 1.29 is 14.3 Å². The van der Waals surface area contributed by atoms with Crippen LogP contribution in [0, 0.1) is 0 Å². The van der Waals surface area contributed by atoms with Crippen molar-refractivity contribution in [3.8, 4) is 0 Å². The number of ketones is 1. The van der Waals surface area contributed by atoms with Gasteiger partial charge in [0.2, 0.25) is 0 Å². The Hall–Kier alpha value is -0.410. The van der Waals surface area contributed by atoms with Gasteiger partial charge in [0.25, 0.3) is 0 Å². The third kappa shape index (κ3) is 0.767. The zero-order valence-electron chi connectivity index (χ0n) is 5.00.